The quantitative estimate of drug-likeness (QED) is 0.403. The first-order valence-electron chi connectivity index (χ1n) is 5.33. The molecule has 0 fully saturated rings. The third-order valence-electron chi connectivity index (χ3n) is 3.05. The van der Waals surface area contributed by atoms with Crippen molar-refractivity contribution in [3.63, 3.8) is 0 Å². The zero-order valence-electron chi connectivity index (χ0n) is 9.20. The van der Waals surface area contributed by atoms with Crippen LogP contribution in [-0.2, 0) is 0 Å². The predicted molar refractivity (Wildman–Crippen MR) is 66.0 cm³/mol. The second-order valence-electron chi connectivity index (χ2n) is 3.95. The molecule has 5 heteroatoms. The summed E-state index contributed by atoms with van der Waals surface area (Å²) in [5.74, 6) is 0. The lowest BCUT2D eigenvalue weighted by Crippen LogP contribution is -2.02. The maximum Gasteiger partial charge on any atom is 0.279 e. The van der Waals surface area contributed by atoms with Gasteiger partial charge in [0.2, 0.25) is 0 Å². The Balaban J connectivity index is 2.41. The van der Waals surface area contributed by atoms with Crippen LogP contribution >= 0.6 is 0 Å². The molecule has 88 valence electrons. The normalized spacial score (nSPS) is 14.3. The average molecular weight is 240 g/mol. The van der Waals surface area contributed by atoms with E-state index in [1.54, 1.807) is 18.2 Å². The largest absolute Gasteiger partial charge is 0.410 e. The molecule has 0 spiro atoms. The Hall–Kier alpha value is -2.69. The Bertz CT molecular complexity index is 692. The summed E-state index contributed by atoms with van der Waals surface area (Å²) in [4.78, 5) is 10.6. The van der Waals surface area contributed by atoms with Gasteiger partial charge in [0.1, 0.15) is 5.71 Å². The molecule has 0 radical (unpaired) electrons. The van der Waals surface area contributed by atoms with E-state index < -0.39 is 4.92 Å². The van der Waals surface area contributed by atoms with Crippen molar-refractivity contribution in [2.45, 2.75) is 0 Å². The van der Waals surface area contributed by atoms with Gasteiger partial charge in [0.25, 0.3) is 5.69 Å². The van der Waals surface area contributed by atoms with Crippen LogP contribution in [0.3, 0.4) is 0 Å². The van der Waals surface area contributed by atoms with Crippen molar-refractivity contribution >= 4 is 11.4 Å². The standard InChI is InChI=1S/C13H8N2O3/c16-14-13-10-5-2-1-4-8(10)9-6-3-7-11(12(9)13)15(17)18/h1-7,16H/b14-13-. The highest BCUT2D eigenvalue weighted by Crippen LogP contribution is 2.40. The first-order valence-corrected chi connectivity index (χ1v) is 5.33. The molecule has 0 atom stereocenters. The molecule has 2 aromatic rings. The van der Waals surface area contributed by atoms with E-state index in [0.29, 0.717) is 11.1 Å². The van der Waals surface area contributed by atoms with Crippen LogP contribution in [-0.4, -0.2) is 15.8 Å². The van der Waals surface area contributed by atoms with Crippen LogP contribution in [0.15, 0.2) is 47.6 Å². The molecule has 5 nitrogen and oxygen atoms in total. The van der Waals surface area contributed by atoms with E-state index in [-0.39, 0.29) is 11.4 Å². The first kappa shape index (κ1) is 10.5. The monoisotopic (exact) mass is 240 g/mol. The van der Waals surface area contributed by atoms with Gasteiger partial charge in [0.15, 0.2) is 0 Å². The lowest BCUT2D eigenvalue weighted by molar-refractivity contribution is -0.385. The van der Waals surface area contributed by atoms with Gasteiger partial charge < -0.3 is 5.21 Å². The van der Waals surface area contributed by atoms with Gasteiger partial charge in [-0.15, -0.1) is 0 Å². The Morgan fingerprint density at radius 2 is 1.67 bits per heavy atom. The van der Waals surface area contributed by atoms with Crippen molar-refractivity contribution in [3.8, 4) is 11.1 Å². The topological polar surface area (TPSA) is 75.7 Å². The van der Waals surface area contributed by atoms with E-state index in [9.17, 15) is 10.1 Å². The number of fused-ring (bicyclic) bond motifs is 3. The summed E-state index contributed by atoms with van der Waals surface area (Å²) in [6, 6.07) is 12.1. The van der Waals surface area contributed by atoms with Crippen molar-refractivity contribution in [2.75, 3.05) is 0 Å². The number of hydrogen-bond acceptors (Lipinski definition) is 4. The molecule has 1 N–H and O–H groups in total. The van der Waals surface area contributed by atoms with Crippen molar-refractivity contribution in [2.24, 2.45) is 5.16 Å². The molecule has 0 saturated carbocycles. The lowest BCUT2D eigenvalue weighted by atomic mass is 10.1. The van der Waals surface area contributed by atoms with E-state index in [1.165, 1.54) is 6.07 Å². The van der Waals surface area contributed by atoms with E-state index in [1.807, 2.05) is 18.2 Å². The lowest BCUT2D eigenvalue weighted by Gasteiger charge is -2.00. The number of oxime groups is 1. The minimum absolute atomic E-state index is 0.0449. The van der Waals surface area contributed by atoms with Gasteiger partial charge in [-0.05, 0) is 11.1 Å². The highest BCUT2D eigenvalue weighted by Gasteiger charge is 2.31. The summed E-state index contributed by atoms with van der Waals surface area (Å²) in [5, 5.41) is 23.4. The van der Waals surface area contributed by atoms with Gasteiger partial charge in [0, 0.05) is 11.6 Å². The molecule has 0 bridgehead atoms. The molecule has 2 aromatic carbocycles. The number of hydrogen-bond donors (Lipinski definition) is 1. The maximum absolute atomic E-state index is 11.0. The molecule has 18 heavy (non-hydrogen) atoms. The molecular formula is C13H8N2O3. The summed E-state index contributed by atoms with van der Waals surface area (Å²) < 4.78 is 0. The fourth-order valence-electron chi connectivity index (χ4n) is 2.33. The molecule has 0 amide bonds. The number of nitro benzene ring substituents is 1. The van der Waals surface area contributed by atoms with Crippen molar-refractivity contribution in [1.29, 1.82) is 0 Å². The molecule has 3 rings (SSSR count). The summed E-state index contributed by atoms with van der Waals surface area (Å²) in [7, 11) is 0. The Labute approximate surface area is 102 Å². The van der Waals surface area contributed by atoms with E-state index in [2.05, 4.69) is 5.16 Å². The van der Waals surface area contributed by atoms with Gasteiger partial charge in [-0.2, -0.15) is 0 Å². The zero-order valence-corrected chi connectivity index (χ0v) is 9.20. The fraction of sp³-hybridized carbons (Fsp3) is 0. The Morgan fingerprint density at radius 3 is 2.33 bits per heavy atom. The summed E-state index contributed by atoms with van der Waals surface area (Å²) in [6.07, 6.45) is 0. The summed E-state index contributed by atoms with van der Waals surface area (Å²) in [5.41, 5.74) is 2.89. The number of nitrogens with zero attached hydrogens (tertiary/aromatic N) is 2. The van der Waals surface area contributed by atoms with Crippen LogP contribution in [0.2, 0.25) is 0 Å². The van der Waals surface area contributed by atoms with Crippen LogP contribution in [0.4, 0.5) is 5.69 Å². The van der Waals surface area contributed by atoms with Crippen molar-refractivity contribution < 1.29 is 10.1 Å². The molecular weight excluding hydrogens is 232 g/mol. The van der Waals surface area contributed by atoms with Gasteiger partial charge in [-0.1, -0.05) is 41.6 Å². The van der Waals surface area contributed by atoms with E-state index in [4.69, 9.17) is 5.21 Å². The van der Waals surface area contributed by atoms with Gasteiger partial charge in [-0.25, -0.2) is 0 Å². The van der Waals surface area contributed by atoms with Gasteiger partial charge >= 0.3 is 0 Å². The second-order valence-corrected chi connectivity index (χ2v) is 3.95. The molecule has 0 aromatic heterocycles. The third-order valence-corrected chi connectivity index (χ3v) is 3.05. The number of rotatable bonds is 1. The molecule has 1 aliphatic carbocycles. The fourth-order valence-corrected chi connectivity index (χ4v) is 2.33. The molecule has 0 aliphatic heterocycles. The molecule has 0 unspecified atom stereocenters. The van der Waals surface area contributed by atoms with Crippen molar-refractivity contribution in [3.05, 3.63) is 63.7 Å². The van der Waals surface area contributed by atoms with Crippen LogP contribution in [0.5, 0.6) is 0 Å². The minimum atomic E-state index is -0.462. The van der Waals surface area contributed by atoms with Gasteiger partial charge in [0.05, 0.1) is 10.5 Å². The summed E-state index contributed by atoms with van der Waals surface area (Å²) >= 11 is 0. The van der Waals surface area contributed by atoms with Crippen LogP contribution < -0.4 is 0 Å². The molecule has 0 saturated heterocycles. The van der Waals surface area contributed by atoms with E-state index >= 15 is 0 Å². The SMILES string of the molecule is O=[N+]([O-])c1cccc2c1/C(=N\O)c1ccccc1-2. The first-order chi connectivity index (χ1) is 8.74. The smallest absolute Gasteiger partial charge is 0.279 e. The molecule has 1 aliphatic rings. The summed E-state index contributed by atoms with van der Waals surface area (Å²) in [6.45, 7) is 0. The van der Waals surface area contributed by atoms with Crippen molar-refractivity contribution in [1.82, 2.24) is 0 Å². The Morgan fingerprint density at radius 1 is 1.00 bits per heavy atom. The van der Waals surface area contributed by atoms with Crippen LogP contribution in [0.1, 0.15) is 11.1 Å². The third kappa shape index (κ3) is 1.24. The average Bonchev–Trinajstić information content (AvgIpc) is 2.72. The van der Waals surface area contributed by atoms with Gasteiger partial charge in [-0.3, -0.25) is 10.1 Å². The van der Waals surface area contributed by atoms with E-state index in [0.717, 1.165) is 11.1 Å². The number of nitro groups is 1. The zero-order chi connectivity index (χ0) is 12.7. The Kier molecular flexibility index (Phi) is 2.13. The van der Waals surface area contributed by atoms with Crippen LogP contribution in [0, 0.1) is 10.1 Å². The molecule has 0 heterocycles. The maximum atomic E-state index is 11.0. The minimum Gasteiger partial charge on any atom is -0.410 e. The predicted octanol–water partition coefficient (Wildman–Crippen LogP) is 2.80. The highest BCUT2D eigenvalue weighted by atomic mass is 16.6. The number of benzene rings is 2. The second kappa shape index (κ2) is 3.66. The highest BCUT2D eigenvalue weighted by molar-refractivity contribution is 6.26. The van der Waals surface area contributed by atoms with Crippen LogP contribution in [0.25, 0.3) is 11.1 Å².